The van der Waals surface area contributed by atoms with Gasteiger partial charge in [-0.3, -0.25) is 9.67 Å². The number of anilines is 1. The molecule has 1 aliphatic rings. The van der Waals surface area contributed by atoms with Crippen LogP contribution in [0.1, 0.15) is 32.7 Å². The van der Waals surface area contributed by atoms with E-state index in [1.807, 2.05) is 29.0 Å². The van der Waals surface area contributed by atoms with Gasteiger partial charge in [-0.2, -0.15) is 10.2 Å². The minimum absolute atomic E-state index is 0.192. The molecule has 9 nitrogen and oxygen atoms in total. The average Bonchev–Trinajstić information content (AvgIpc) is 3.40. The van der Waals surface area contributed by atoms with Crippen molar-refractivity contribution in [3.63, 3.8) is 0 Å². The maximum absolute atomic E-state index is 11.1. The van der Waals surface area contributed by atoms with Crippen LogP contribution in [0, 0.1) is 5.92 Å². The Morgan fingerprint density at radius 3 is 2.66 bits per heavy atom. The summed E-state index contributed by atoms with van der Waals surface area (Å²) in [7, 11) is 0. The SMILES string of the molecule is CC(C)n1nc(NCC2CCN(C(=O)O)CC2)c2cnn3cc(-c4ccncc4)cc3c21. The Kier molecular flexibility index (Phi) is 5.16. The summed E-state index contributed by atoms with van der Waals surface area (Å²) in [5.74, 6) is 1.25. The molecule has 0 aliphatic carbocycles. The molecular formula is C23H27N7O2. The zero-order chi connectivity index (χ0) is 22.2. The van der Waals surface area contributed by atoms with Crippen LogP contribution in [-0.2, 0) is 0 Å². The second kappa shape index (κ2) is 8.14. The molecule has 5 rings (SSSR count). The van der Waals surface area contributed by atoms with E-state index in [1.165, 1.54) is 4.90 Å². The highest BCUT2D eigenvalue weighted by molar-refractivity contribution is 6.00. The summed E-state index contributed by atoms with van der Waals surface area (Å²) in [6.07, 6.45) is 8.39. The lowest BCUT2D eigenvalue weighted by molar-refractivity contribution is 0.126. The van der Waals surface area contributed by atoms with Crippen molar-refractivity contribution in [3.8, 4) is 11.1 Å². The number of carbonyl (C=O) groups is 1. The summed E-state index contributed by atoms with van der Waals surface area (Å²) in [4.78, 5) is 16.7. The number of hydrogen-bond acceptors (Lipinski definition) is 5. The fourth-order valence-electron chi connectivity index (χ4n) is 4.44. The van der Waals surface area contributed by atoms with Gasteiger partial charge in [0.2, 0.25) is 0 Å². The van der Waals surface area contributed by atoms with E-state index >= 15 is 0 Å². The molecule has 2 N–H and O–H groups in total. The zero-order valence-electron chi connectivity index (χ0n) is 18.3. The number of amides is 1. The van der Waals surface area contributed by atoms with Crippen molar-refractivity contribution >= 4 is 28.3 Å². The van der Waals surface area contributed by atoms with Gasteiger partial charge in [-0.1, -0.05) is 0 Å². The van der Waals surface area contributed by atoms with Crippen LogP contribution < -0.4 is 5.32 Å². The van der Waals surface area contributed by atoms with Gasteiger partial charge in [0.15, 0.2) is 5.82 Å². The number of hydrogen-bond donors (Lipinski definition) is 2. The highest BCUT2D eigenvalue weighted by Gasteiger charge is 2.23. The second-order valence-electron chi connectivity index (χ2n) is 8.68. The van der Waals surface area contributed by atoms with Gasteiger partial charge in [-0.05, 0) is 56.4 Å². The van der Waals surface area contributed by atoms with Crippen LogP contribution in [0.3, 0.4) is 0 Å². The number of nitrogens with zero attached hydrogens (tertiary/aromatic N) is 6. The molecule has 1 aliphatic heterocycles. The molecule has 0 spiro atoms. The Hall–Kier alpha value is -3.62. The van der Waals surface area contributed by atoms with E-state index < -0.39 is 6.09 Å². The molecule has 0 saturated carbocycles. The van der Waals surface area contributed by atoms with Gasteiger partial charge in [0, 0.05) is 49.8 Å². The van der Waals surface area contributed by atoms with Crippen molar-refractivity contribution in [2.24, 2.45) is 5.92 Å². The van der Waals surface area contributed by atoms with Crippen molar-refractivity contribution < 1.29 is 9.90 Å². The molecule has 5 heterocycles. The zero-order valence-corrected chi connectivity index (χ0v) is 18.3. The van der Waals surface area contributed by atoms with Crippen molar-refractivity contribution in [1.29, 1.82) is 0 Å². The summed E-state index contributed by atoms with van der Waals surface area (Å²) in [5, 5.41) is 23.2. The van der Waals surface area contributed by atoms with Crippen LogP contribution in [0.4, 0.5) is 10.6 Å². The molecule has 32 heavy (non-hydrogen) atoms. The lowest BCUT2D eigenvalue weighted by Gasteiger charge is -2.30. The number of likely N-dealkylation sites (tertiary alicyclic amines) is 1. The molecule has 0 atom stereocenters. The molecule has 1 amide bonds. The maximum Gasteiger partial charge on any atom is 0.407 e. The van der Waals surface area contributed by atoms with Crippen LogP contribution in [0.25, 0.3) is 27.5 Å². The van der Waals surface area contributed by atoms with E-state index in [0.717, 1.165) is 52.8 Å². The van der Waals surface area contributed by atoms with Gasteiger partial charge < -0.3 is 15.3 Å². The predicted molar refractivity (Wildman–Crippen MR) is 123 cm³/mol. The molecule has 166 valence electrons. The molecule has 0 aromatic carbocycles. The van der Waals surface area contributed by atoms with Gasteiger partial charge >= 0.3 is 6.09 Å². The Bertz CT molecular complexity index is 1250. The summed E-state index contributed by atoms with van der Waals surface area (Å²) in [6, 6.07) is 6.33. The molecule has 4 aromatic heterocycles. The maximum atomic E-state index is 11.1. The van der Waals surface area contributed by atoms with Gasteiger partial charge in [0.25, 0.3) is 0 Å². The molecule has 4 aromatic rings. The molecule has 0 radical (unpaired) electrons. The highest BCUT2D eigenvalue weighted by atomic mass is 16.4. The minimum atomic E-state index is -0.827. The third kappa shape index (κ3) is 3.63. The lowest BCUT2D eigenvalue weighted by Crippen LogP contribution is -2.39. The second-order valence-corrected chi connectivity index (χ2v) is 8.68. The normalized spacial score (nSPS) is 15.2. The topological polar surface area (TPSA) is 101 Å². The van der Waals surface area contributed by atoms with E-state index in [2.05, 4.69) is 40.0 Å². The molecular weight excluding hydrogens is 406 g/mol. The van der Waals surface area contributed by atoms with E-state index in [1.54, 1.807) is 12.4 Å². The average molecular weight is 434 g/mol. The number of rotatable bonds is 5. The number of nitrogens with one attached hydrogen (secondary N) is 1. The Labute approximate surface area is 185 Å². The van der Waals surface area contributed by atoms with Crippen molar-refractivity contribution in [1.82, 2.24) is 29.3 Å². The first kappa shape index (κ1) is 20.3. The van der Waals surface area contributed by atoms with Gasteiger partial charge in [-0.15, -0.1) is 0 Å². The summed E-state index contributed by atoms with van der Waals surface area (Å²) < 4.78 is 3.96. The smallest absolute Gasteiger partial charge is 0.407 e. The quantitative estimate of drug-likeness (QED) is 0.491. The molecule has 1 fully saturated rings. The Balaban J connectivity index is 1.46. The summed E-state index contributed by atoms with van der Waals surface area (Å²) in [6.45, 7) is 6.20. The largest absolute Gasteiger partial charge is 0.465 e. The molecule has 1 saturated heterocycles. The van der Waals surface area contributed by atoms with E-state index in [0.29, 0.717) is 19.0 Å². The van der Waals surface area contributed by atoms with Gasteiger partial charge in [0.05, 0.1) is 22.6 Å². The Morgan fingerprint density at radius 1 is 1.22 bits per heavy atom. The van der Waals surface area contributed by atoms with Crippen LogP contribution in [-0.4, -0.2) is 60.1 Å². The number of fused-ring (bicyclic) bond motifs is 3. The van der Waals surface area contributed by atoms with Crippen LogP contribution in [0.15, 0.2) is 43.0 Å². The monoisotopic (exact) mass is 433 g/mol. The first-order chi connectivity index (χ1) is 15.5. The van der Waals surface area contributed by atoms with E-state index in [9.17, 15) is 4.79 Å². The molecule has 9 heteroatoms. The fraction of sp³-hybridized carbons (Fsp3) is 0.391. The highest BCUT2D eigenvalue weighted by Crippen LogP contribution is 2.32. The van der Waals surface area contributed by atoms with Crippen LogP contribution >= 0.6 is 0 Å². The van der Waals surface area contributed by atoms with Gasteiger partial charge in [0.1, 0.15) is 0 Å². The molecule has 0 bridgehead atoms. The first-order valence-electron chi connectivity index (χ1n) is 11.0. The van der Waals surface area contributed by atoms with Gasteiger partial charge in [-0.25, -0.2) is 9.31 Å². The Morgan fingerprint density at radius 2 is 1.97 bits per heavy atom. The number of pyridine rings is 1. The summed E-state index contributed by atoms with van der Waals surface area (Å²) >= 11 is 0. The van der Waals surface area contributed by atoms with E-state index in [-0.39, 0.29) is 6.04 Å². The van der Waals surface area contributed by atoms with Crippen molar-refractivity contribution in [2.45, 2.75) is 32.7 Å². The minimum Gasteiger partial charge on any atom is -0.465 e. The number of piperidine rings is 1. The summed E-state index contributed by atoms with van der Waals surface area (Å²) in [5.41, 5.74) is 4.25. The van der Waals surface area contributed by atoms with Crippen molar-refractivity contribution in [3.05, 3.63) is 43.0 Å². The third-order valence-electron chi connectivity index (χ3n) is 6.25. The lowest BCUT2D eigenvalue weighted by atomic mass is 9.97. The first-order valence-corrected chi connectivity index (χ1v) is 11.0. The van der Waals surface area contributed by atoms with Crippen LogP contribution in [0.2, 0.25) is 0 Å². The van der Waals surface area contributed by atoms with Crippen LogP contribution in [0.5, 0.6) is 0 Å². The standard InChI is InChI=1S/C23H27N7O2/c1-15(2)30-21-19(22(27-30)25-12-16-5-9-28(10-6-16)23(31)32)13-26-29-14-18(11-20(21)29)17-3-7-24-8-4-17/h3-4,7-8,11,13-16H,5-6,9-10,12H2,1-2H3,(H,25,27)(H,31,32). The third-order valence-corrected chi connectivity index (χ3v) is 6.25. The number of carboxylic acid groups (broad SMARTS) is 1. The molecule has 0 unspecified atom stereocenters. The fourth-order valence-corrected chi connectivity index (χ4v) is 4.44. The van der Waals surface area contributed by atoms with Crippen molar-refractivity contribution in [2.75, 3.05) is 25.0 Å². The predicted octanol–water partition coefficient (Wildman–Crippen LogP) is 4.13. The van der Waals surface area contributed by atoms with E-state index in [4.69, 9.17) is 10.2 Å². The number of aromatic nitrogens is 5.